The van der Waals surface area contributed by atoms with Crippen LogP contribution in [0.2, 0.25) is 0 Å². The molecule has 0 saturated carbocycles. The van der Waals surface area contributed by atoms with E-state index in [1.807, 2.05) is 30.5 Å². The summed E-state index contributed by atoms with van der Waals surface area (Å²) in [4.78, 5) is 17.4. The van der Waals surface area contributed by atoms with Gasteiger partial charge in [0.05, 0.1) is 12.5 Å². The predicted molar refractivity (Wildman–Crippen MR) is 79.8 cm³/mol. The van der Waals surface area contributed by atoms with Gasteiger partial charge in [0.25, 0.3) is 0 Å². The topological polar surface area (TPSA) is 111 Å². The average molecular weight is 310 g/mol. The molecule has 3 heterocycles. The van der Waals surface area contributed by atoms with Crippen molar-refractivity contribution in [1.82, 2.24) is 15.1 Å². The molecule has 4 rings (SSSR count). The monoisotopic (exact) mass is 310 g/mol. The van der Waals surface area contributed by atoms with E-state index in [1.165, 1.54) is 12.1 Å². The fourth-order valence-electron chi connectivity index (χ4n) is 2.41. The third-order valence-corrected chi connectivity index (χ3v) is 3.48. The fraction of sp³-hybridized carbons (Fsp3) is 0.0667. The molecule has 0 aliphatic rings. The lowest BCUT2D eigenvalue weighted by molar-refractivity contribution is -0.401. The molecule has 4 aromatic rings. The number of hydrogen-bond acceptors (Lipinski definition) is 6. The van der Waals surface area contributed by atoms with E-state index >= 15 is 0 Å². The molecular weight excluding hydrogens is 300 g/mol. The van der Waals surface area contributed by atoms with Gasteiger partial charge in [-0.25, -0.2) is 0 Å². The smallest absolute Gasteiger partial charge is 0.397 e. The Labute approximate surface area is 128 Å². The van der Waals surface area contributed by atoms with E-state index in [2.05, 4.69) is 15.1 Å². The number of fused-ring (bicyclic) bond motifs is 1. The second kappa shape index (κ2) is 5.09. The summed E-state index contributed by atoms with van der Waals surface area (Å²) >= 11 is 0. The molecule has 0 bridgehead atoms. The van der Waals surface area contributed by atoms with Crippen LogP contribution < -0.4 is 0 Å². The van der Waals surface area contributed by atoms with Crippen molar-refractivity contribution in [3.63, 3.8) is 0 Å². The first-order chi connectivity index (χ1) is 11.2. The van der Waals surface area contributed by atoms with Gasteiger partial charge in [0, 0.05) is 17.1 Å². The van der Waals surface area contributed by atoms with E-state index in [0.29, 0.717) is 12.3 Å². The van der Waals surface area contributed by atoms with Crippen LogP contribution in [0.15, 0.2) is 51.5 Å². The third kappa shape index (κ3) is 2.35. The van der Waals surface area contributed by atoms with Crippen LogP contribution in [0.4, 0.5) is 5.88 Å². The van der Waals surface area contributed by atoms with Crippen LogP contribution in [0.1, 0.15) is 11.5 Å². The highest BCUT2D eigenvalue weighted by Gasteiger charge is 2.18. The van der Waals surface area contributed by atoms with E-state index in [4.69, 9.17) is 8.94 Å². The maximum Gasteiger partial charge on any atom is 0.433 e. The molecule has 0 aliphatic carbocycles. The number of aromatic amines is 1. The summed E-state index contributed by atoms with van der Waals surface area (Å²) < 4.78 is 10.3. The van der Waals surface area contributed by atoms with E-state index < -0.39 is 4.92 Å². The Hall–Kier alpha value is -3.42. The Morgan fingerprint density at radius 1 is 1.22 bits per heavy atom. The van der Waals surface area contributed by atoms with Gasteiger partial charge in [-0.2, -0.15) is 4.98 Å². The molecule has 23 heavy (non-hydrogen) atoms. The zero-order chi connectivity index (χ0) is 15.8. The van der Waals surface area contributed by atoms with Gasteiger partial charge >= 0.3 is 5.88 Å². The van der Waals surface area contributed by atoms with Crippen molar-refractivity contribution in [3.8, 4) is 11.6 Å². The van der Waals surface area contributed by atoms with Gasteiger partial charge in [-0.15, -0.1) is 0 Å². The van der Waals surface area contributed by atoms with Gasteiger partial charge in [0.1, 0.15) is 4.92 Å². The van der Waals surface area contributed by atoms with Crippen LogP contribution in [0, 0.1) is 10.1 Å². The fourth-order valence-corrected chi connectivity index (χ4v) is 2.41. The number of hydrogen-bond donors (Lipinski definition) is 1. The van der Waals surface area contributed by atoms with Crippen molar-refractivity contribution in [1.29, 1.82) is 0 Å². The number of aromatic nitrogens is 3. The molecule has 1 N–H and O–H groups in total. The molecule has 1 aromatic carbocycles. The van der Waals surface area contributed by atoms with Crippen molar-refractivity contribution in [2.24, 2.45) is 0 Å². The van der Waals surface area contributed by atoms with Crippen molar-refractivity contribution >= 4 is 16.8 Å². The van der Waals surface area contributed by atoms with E-state index in [1.54, 1.807) is 0 Å². The minimum atomic E-state index is -0.615. The summed E-state index contributed by atoms with van der Waals surface area (Å²) in [6.07, 6.45) is 2.35. The molecule has 0 saturated heterocycles. The number of nitrogens with zero attached hydrogens (tertiary/aromatic N) is 3. The minimum absolute atomic E-state index is 0.188. The first-order valence-corrected chi connectivity index (χ1v) is 6.83. The van der Waals surface area contributed by atoms with Crippen molar-refractivity contribution < 1.29 is 13.9 Å². The molecule has 0 spiro atoms. The lowest BCUT2D eigenvalue weighted by Crippen LogP contribution is -1.87. The summed E-state index contributed by atoms with van der Waals surface area (Å²) in [5.41, 5.74) is 2.06. The zero-order valence-corrected chi connectivity index (χ0v) is 11.7. The standard InChI is InChI=1S/C15H10N4O4/c20-19(21)14-6-5-12(22-14)15-17-13(23-18-15)7-9-8-16-11-4-2-1-3-10(9)11/h1-6,8,16H,7H2. The van der Waals surface area contributed by atoms with Crippen molar-refractivity contribution in [2.45, 2.75) is 6.42 Å². The third-order valence-electron chi connectivity index (χ3n) is 3.48. The molecule has 0 amide bonds. The van der Waals surface area contributed by atoms with Gasteiger partial charge in [-0.05, 0) is 17.7 Å². The minimum Gasteiger partial charge on any atom is -0.397 e. The lowest BCUT2D eigenvalue weighted by Gasteiger charge is -1.93. The first kappa shape index (κ1) is 13.3. The Morgan fingerprint density at radius 2 is 2.09 bits per heavy atom. The van der Waals surface area contributed by atoms with E-state index in [-0.39, 0.29) is 17.5 Å². The Balaban J connectivity index is 1.61. The molecule has 8 nitrogen and oxygen atoms in total. The number of furan rings is 1. The number of H-pyrrole nitrogens is 1. The van der Waals surface area contributed by atoms with Gasteiger partial charge in [-0.3, -0.25) is 10.1 Å². The number of benzene rings is 1. The highest BCUT2D eigenvalue weighted by atomic mass is 16.6. The normalized spacial score (nSPS) is 11.1. The summed E-state index contributed by atoms with van der Waals surface area (Å²) in [6, 6.07) is 10.6. The molecule has 0 aliphatic heterocycles. The maximum atomic E-state index is 10.6. The van der Waals surface area contributed by atoms with Gasteiger partial charge in [0.15, 0.2) is 5.76 Å². The van der Waals surface area contributed by atoms with Crippen molar-refractivity contribution in [2.75, 3.05) is 0 Å². The van der Waals surface area contributed by atoms with Crippen LogP contribution in [-0.2, 0) is 6.42 Å². The Bertz CT molecular complexity index is 998. The van der Waals surface area contributed by atoms with Crippen LogP contribution in [0.25, 0.3) is 22.5 Å². The van der Waals surface area contributed by atoms with Crippen LogP contribution in [-0.4, -0.2) is 20.0 Å². The van der Waals surface area contributed by atoms with Gasteiger partial charge in [0.2, 0.25) is 11.7 Å². The molecule has 8 heteroatoms. The van der Waals surface area contributed by atoms with Crippen molar-refractivity contribution in [3.05, 3.63) is 64.2 Å². The lowest BCUT2D eigenvalue weighted by atomic mass is 10.1. The number of para-hydroxylation sites is 1. The van der Waals surface area contributed by atoms with Crippen LogP contribution >= 0.6 is 0 Å². The molecule has 0 radical (unpaired) electrons. The summed E-state index contributed by atoms with van der Waals surface area (Å²) in [5, 5.41) is 15.5. The number of nitro groups is 1. The molecule has 0 unspecified atom stereocenters. The maximum absolute atomic E-state index is 10.6. The second-order valence-electron chi connectivity index (χ2n) is 4.94. The van der Waals surface area contributed by atoms with Gasteiger partial charge < -0.3 is 13.9 Å². The largest absolute Gasteiger partial charge is 0.433 e. The molecule has 3 aromatic heterocycles. The zero-order valence-electron chi connectivity index (χ0n) is 11.7. The molecular formula is C15H10N4O4. The van der Waals surface area contributed by atoms with Crippen LogP contribution in [0.3, 0.4) is 0 Å². The van der Waals surface area contributed by atoms with E-state index in [9.17, 15) is 10.1 Å². The highest BCUT2D eigenvalue weighted by Crippen LogP contribution is 2.25. The number of nitrogens with one attached hydrogen (secondary N) is 1. The van der Waals surface area contributed by atoms with Crippen LogP contribution in [0.5, 0.6) is 0 Å². The number of rotatable bonds is 4. The summed E-state index contributed by atoms with van der Waals surface area (Å²) in [7, 11) is 0. The quantitative estimate of drug-likeness (QED) is 0.457. The SMILES string of the molecule is O=[N+]([O-])c1ccc(-c2noc(Cc3c[nH]c4ccccc34)n2)o1. The first-order valence-electron chi connectivity index (χ1n) is 6.83. The Morgan fingerprint density at radius 3 is 2.91 bits per heavy atom. The second-order valence-corrected chi connectivity index (χ2v) is 4.94. The summed E-state index contributed by atoms with van der Waals surface area (Å²) in [6.45, 7) is 0. The molecule has 0 fully saturated rings. The molecule has 0 atom stereocenters. The van der Waals surface area contributed by atoms with Gasteiger partial charge in [-0.1, -0.05) is 23.4 Å². The average Bonchev–Trinajstić information content (AvgIpc) is 3.26. The van der Waals surface area contributed by atoms with E-state index in [0.717, 1.165) is 16.5 Å². The molecule has 114 valence electrons. The summed E-state index contributed by atoms with van der Waals surface area (Å²) in [5.74, 6) is 0.436. The predicted octanol–water partition coefficient (Wildman–Crippen LogP) is 3.31. The Kier molecular flexibility index (Phi) is 2.94. The highest BCUT2D eigenvalue weighted by molar-refractivity contribution is 5.83.